The number of rotatable bonds is 3. The Morgan fingerprint density at radius 3 is 2.37 bits per heavy atom. The van der Waals surface area contributed by atoms with Crippen LogP contribution in [0.3, 0.4) is 0 Å². The Morgan fingerprint density at radius 2 is 1.89 bits per heavy atom. The van der Waals surface area contributed by atoms with Crippen molar-refractivity contribution in [1.29, 1.82) is 0 Å². The SMILES string of the molecule is CC1=NN(C(=O)Cn2nc(C(F)(F)F)c(Cl)c2C2CC2)[C@](O)(C(F)(F)F)C1. The summed E-state index contributed by atoms with van der Waals surface area (Å²) in [4.78, 5) is 12.4. The molecule has 150 valence electrons. The van der Waals surface area contributed by atoms with Gasteiger partial charge in [0.25, 0.3) is 11.6 Å². The Hall–Kier alpha value is -1.82. The Bertz CT molecular complexity index is 814. The van der Waals surface area contributed by atoms with Crippen molar-refractivity contribution in [2.75, 3.05) is 0 Å². The maximum absolute atomic E-state index is 13.2. The summed E-state index contributed by atoms with van der Waals surface area (Å²) in [6.45, 7) is 0.211. The molecule has 3 rings (SSSR count). The lowest BCUT2D eigenvalue weighted by Crippen LogP contribution is -2.57. The molecule has 0 saturated heterocycles. The van der Waals surface area contributed by atoms with E-state index in [1.165, 1.54) is 6.92 Å². The Labute approximate surface area is 153 Å². The maximum Gasteiger partial charge on any atom is 0.438 e. The second-order valence-corrected chi connectivity index (χ2v) is 6.89. The largest absolute Gasteiger partial charge is 0.438 e. The summed E-state index contributed by atoms with van der Waals surface area (Å²) >= 11 is 5.76. The van der Waals surface area contributed by atoms with E-state index in [0.29, 0.717) is 17.5 Å². The highest BCUT2D eigenvalue weighted by Gasteiger charge is 2.62. The standard InChI is InChI=1S/C14H13ClF6N4O2/c1-6-4-12(27,14(19,20)21)25(22-6)8(26)5-24-10(7-2-3-7)9(15)11(23-24)13(16,17)18/h7,27H,2-5H2,1H3/t12-/m1/s1. The first-order valence-electron chi connectivity index (χ1n) is 7.75. The smallest absolute Gasteiger partial charge is 0.362 e. The highest BCUT2D eigenvalue weighted by molar-refractivity contribution is 6.32. The Morgan fingerprint density at radius 1 is 1.30 bits per heavy atom. The number of aromatic nitrogens is 2. The van der Waals surface area contributed by atoms with Gasteiger partial charge in [0, 0.05) is 18.1 Å². The molecule has 27 heavy (non-hydrogen) atoms. The summed E-state index contributed by atoms with van der Waals surface area (Å²) < 4.78 is 79.3. The molecule has 2 aliphatic rings. The van der Waals surface area contributed by atoms with Crippen LogP contribution in [0.4, 0.5) is 26.3 Å². The normalized spacial score (nSPS) is 23.7. The quantitative estimate of drug-likeness (QED) is 0.766. The van der Waals surface area contributed by atoms with E-state index < -0.39 is 47.7 Å². The topological polar surface area (TPSA) is 70.7 Å². The summed E-state index contributed by atoms with van der Waals surface area (Å²) in [6.07, 6.45) is -10.0. The van der Waals surface area contributed by atoms with Crippen molar-refractivity contribution in [3.63, 3.8) is 0 Å². The fourth-order valence-electron chi connectivity index (χ4n) is 2.90. The minimum Gasteiger partial charge on any atom is -0.362 e. The zero-order valence-electron chi connectivity index (χ0n) is 13.7. The lowest BCUT2D eigenvalue weighted by molar-refractivity contribution is -0.302. The van der Waals surface area contributed by atoms with Crippen LogP contribution in [-0.2, 0) is 17.5 Å². The molecule has 1 N–H and O–H groups in total. The molecule has 1 aliphatic carbocycles. The monoisotopic (exact) mass is 418 g/mol. The van der Waals surface area contributed by atoms with Crippen LogP contribution >= 0.6 is 11.6 Å². The molecular weight excluding hydrogens is 406 g/mol. The van der Waals surface area contributed by atoms with E-state index in [1.807, 2.05) is 0 Å². The molecule has 0 aromatic carbocycles. The minimum absolute atomic E-state index is 0.0622. The van der Waals surface area contributed by atoms with E-state index in [9.17, 15) is 36.2 Å². The molecule has 6 nitrogen and oxygen atoms in total. The third kappa shape index (κ3) is 3.40. The van der Waals surface area contributed by atoms with Gasteiger partial charge in [-0.2, -0.15) is 41.6 Å². The van der Waals surface area contributed by atoms with Gasteiger partial charge in [-0.1, -0.05) is 11.6 Å². The fourth-order valence-corrected chi connectivity index (χ4v) is 3.30. The van der Waals surface area contributed by atoms with Gasteiger partial charge < -0.3 is 5.11 Å². The highest BCUT2D eigenvalue weighted by atomic mass is 35.5. The molecule has 1 aromatic rings. The number of aliphatic hydroxyl groups is 1. The molecule has 1 fully saturated rings. The van der Waals surface area contributed by atoms with Crippen LogP contribution in [0.1, 0.15) is 43.5 Å². The van der Waals surface area contributed by atoms with E-state index in [1.54, 1.807) is 0 Å². The fraction of sp³-hybridized carbons (Fsp3) is 0.643. The lowest BCUT2D eigenvalue weighted by Gasteiger charge is -2.32. The molecule has 1 amide bonds. The highest BCUT2D eigenvalue weighted by Crippen LogP contribution is 2.47. The average Bonchev–Trinajstić information content (AvgIpc) is 3.19. The predicted octanol–water partition coefficient (Wildman–Crippen LogP) is 3.29. The molecular formula is C14H13ClF6N4O2. The van der Waals surface area contributed by atoms with E-state index in [0.717, 1.165) is 0 Å². The minimum atomic E-state index is -5.21. The number of nitrogens with zero attached hydrogens (tertiary/aromatic N) is 4. The average molecular weight is 419 g/mol. The van der Waals surface area contributed by atoms with Crippen LogP contribution in [0.2, 0.25) is 5.02 Å². The second-order valence-electron chi connectivity index (χ2n) is 6.51. The summed E-state index contributed by atoms with van der Waals surface area (Å²) in [7, 11) is 0. The molecule has 1 saturated carbocycles. The van der Waals surface area contributed by atoms with Crippen LogP contribution in [-0.4, -0.2) is 43.4 Å². The van der Waals surface area contributed by atoms with Crippen LogP contribution < -0.4 is 0 Å². The molecule has 2 heterocycles. The van der Waals surface area contributed by atoms with Crippen molar-refractivity contribution in [2.45, 2.75) is 56.7 Å². The van der Waals surface area contributed by atoms with Crippen molar-refractivity contribution in [3.8, 4) is 0 Å². The van der Waals surface area contributed by atoms with Crippen molar-refractivity contribution in [3.05, 3.63) is 16.4 Å². The van der Waals surface area contributed by atoms with E-state index in [-0.39, 0.29) is 22.3 Å². The number of amides is 1. The molecule has 1 aromatic heterocycles. The summed E-state index contributed by atoms with van der Waals surface area (Å²) in [5, 5.41) is 15.8. The summed E-state index contributed by atoms with van der Waals surface area (Å²) in [6, 6.07) is 0. The van der Waals surface area contributed by atoms with Gasteiger partial charge in [-0.05, 0) is 19.8 Å². The molecule has 1 atom stereocenters. The number of halogens is 7. The van der Waals surface area contributed by atoms with Gasteiger partial charge in [-0.3, -0.25) is 9.48 Å². The number of hydrogen-bond donors (Lipinski definition) is 1. The van der Waals surface area contributed by atoms with Crippen molar-refractivity contribution in [1.82, 2.24) is 14.8 Å². The van der Waals surface area contributed by atoms with Crippen LogP contribution in [0, 0.1) is 0 Å². The predicted molar refractivity (Wildman–Crippen MR) is 79.8 cm³/mol. The van der Waals surface area contributed by atoms with E-state index in [2.05, 4.69) is 10.2 Å². The molecule has 0 unspecified atom stereocenters. The van der Waals surface area contributed by atoms with Gasteiger partial charge in [-0.15, -0.1) is 0 Å². The molecule has 1 aliphatic heterocycles. The summed E-state index contributed by atoms with van der Waals surface area (Å²) in [5.74, 6) is -1.72. The van der Waals surface area contributed by atoms with Gasteiger partial charge in [0.15, 0.2) is 5.69 Å². The van der Waals surface area contributed by atoms with Gasteiger partial charge in [0.1, 0.15) is 6.54 Å². The number of hydrazone groups is 1. The van der Waals surface area contributed by atoms with Gasteiger partial charge in [0.2, 0.25) is 0 Å². The third-order valence-electron chi connectivity index (χ3n) is 4.26. The molecule has 0 radical (unpaired) electrons. The lowest BCUT2D eigenvalue weighted by atomic mass is 10.1. The molecule has 13 heteroatoms. The molecule has 0 bridgehead atoms. The van der Waals surface area contributed by atoms with Gasteiger partial charge in [-0.25, -0.2) is 0 Å². The molecule has 0 spiro atoms. The first kappa shape index (κ1) is 19.9. The van der Waals surface area contributed by atoms with Crippen LogP contribution in [0.15, 0.2) is 5.10 Å². The van der Waals surface area contributed by atoms with Gasteiger partial charge >= 0.3 is 12.4 Å². The van der Waals surface area contributed by atoms with Crippen molar-refractivity contribution >= 4 is 23.2 Å². The van der Waals surface area contributed by atoms with Crippen molar-refractivity contribution in [2.24, 2.45) is 5.10 Å². The van der Waals surface area contributed by atoms with Gasteiger partial charge in [0.05, 0.1) is 10.7 Å². The first-order chi connectivity index (χ1) is 12.3. The van der Waals surface area contributed by atoms with E-state index in [4.69, 9.17) is 11.6 Å². The summed E-state index contributed by atoms with van der Waals surface area (Å²) in [5.41, 5.74) is -5.18. The Balaban J connectivity index is 1.95. The van der Waals surface area contributed by atoms with E-state index >= 15 is 0 Å². The maximum atomic E-state index is 13.2. The number of carbonyl (C=O) groups is 1. The first-order valence-corrected chi connectivity index (χ1v) is 8.13. The number of carbonyl (C=O) groups excluding carboxylic acids is 1. The zero-order chi connectivity index (χ0) is 20.4. The van der Waals surface area contributed by atoms with Crippen molar-refractivity contribution < 1.29 is 36.2 Å². The Kier molecular flexibility index (Phi) is 4.50. The van der Waals surface area contributed by atoms with Crippen LogP contribution in [0.25, 0.3) is 0 Å². The second kappa shape index (κ2) is 6.09. The van der Waals surface area contributed by atoms with Crippen LogP contribution in [0.5, 0.6) is 0 Å². The zero-order valence-corrected chi connectivity index (χ0v) is 14.5. The number of hydrogen-bond acceptors (Lipinski definition) is 4. The third-order valence-corrected chi connectivity index (χ3v) is 4.64. The number of alkyl halides is 6.